The number of ether oxygens (including phenoxy) is 2. The monoisotopic (exact) mass is 528 g/mol. The van der Waals surface area contributed by atoms with Crippen molar-refractivity contribution in [2.45, 2.75) is 45.6 Å². The number of benzene rings is 2. The van der Waals surface area contributed by atoms with E-state index in [9.17, 15) is 19.5 Å². The predicted octanol–water partition coefficient (Wildman–Crippen LogP) is 5.12. The fourth-order valence-corrected chi connectivity index (χ4v) is 4.70. The average molecular weight is 529 g/mol. The Morgan fingerprint density at radius 3 is 2.38 bits per heavy atom. The summed E-state index contributed by atoms with van der Waals surface area (Å²) in [6.45, 7) is 8.10. The fourth-order valence-electron chi connectivity index (χ4n) is 4.70. The highest BCUT2D eigenvalue weighted by Crippen LogP contribution is 2.43. The molecule has 4 rings (SSSR count). The first-order chi connectivity index (χ1) is 18.6. The summed E-state index contributed by atoms with van der Waals surface area (Å²) in [6.07, 6.45) is 3.26. The van der Waals surface area contributed by atoms with Crippen LogP contribution in [0.1, 0.15) is 56.0 Å². The molecule has 1 saturated heterocycles. The summed E-state index contributed by atoms with van der Waals surface area (Å²) >= 11 is 0. The van der Waals surface area contributed by atoms with Gasteiger partial charge in [-0.2, -0.15) is 0 Å². The average Bonchev–Trinajstić information content (AvgIpc) is 3.18. The van der Waals surface area contributed by atoms with E-state index in [1.54, 1.807) is 81.0 Å². The lowest BCUT2D eigenvalue weighted by molar-refractivity contribution is -0.142. The second-order valence-electron chi connectivity index (χ2n) is 10.3. The van der Waals surface area contributed by atoms with Gasteiger partial charge in [0.05, 0.1) is 31.8 Å². The number of amides is 1. The standard InChI is InChI=1S/C31H32N2O6/c1-6-39-25(34)16-19-9-12-22(13-10-19)33-27(21-8-7-15-32-18-21)26(29(36)30(33)37)28(35)20-11-14-24(38-5)23(17-20)31(2,3)4/h7-15,17-18,27,35H,6,16H2,1-5H3/b28-26-. The van der Waals surface area contributed by atoms with E-state index in [4.69, 9.17) is 9.47 Å². The van der Waals surface area contributed by atoms with Crippen molar-refractivity contribution in [1.82, 2.24) is 4.98 Å². The molecule has 1 aliphatic heterocycles. The zero-order valence-electron chi connectivity index (χ0n) is 22.7. The number of ketones is 1. The molecule has 0 bridgehead atoms. The third-order valence-corrected chi connectivity index (χ3v) is 6.59. The minimum Gasteiger partial charge on any atom is -0.507 e. The number of esters is 1. The fraction of sp³-hybridized carbons (Fsp3) is 0.290. The summed E-state index contributed by atoms with van der Waals surface area (Å²) in [5.74, 6) is -1.55. The highest BCUT2D eigenvalue weighted by atomic mass is 16.5. The molecule has 1 aromatic heterocycles. The van der Waals surface area contributed by atoms with Gasteiger partial charge >= 0.3 is 5.97 Å². The van der Waals surface area contributed by atoms with E-state index in [0.29, 0.717) is 28.1 Å². The van der Waals surface area contributed by atoms with Crippen LogP contribution >= 0.6 is 0 Å². The van der Waals surface area contributed by atoms with Crippen LogP contribution in [0, 0.1) is 0 Å². The van der Waals surface area contributed by atoms with Crippen molar-refractivity contribution in [1.29, 1.82) is 0 Å². The SMILES string of the molecule is CCOC(=O)Cc1ccc(N2C(=O)C(=O)/C(=C(\O)c3ccc(OC)c(C(C)(C)C)c3)C2c2cccnc2)cc1. The molecule has 202 valence electrons. The van der Waals surface area contributed by atoms with Crippen molar-refractivity contribution in [3.05, 3.63) is 94.8 Å². The van der Waals surface area contributed by atoms with Crippen LogP contribution in [0.2, 0.25) is 0 Å². The molecule has 3 aromatic rings. The van der Waals surface area contributed by atoms with Crippen molar-refractivity contribution in [3.8, 4) is 5.75 Å². The van der Waals surface area contributed by atoms with E-state index in [1.165, 1.54) is 4.90 Å². The number of aliphatic hydroxyl groups excluding tert-OH is 1. The Morgan fingerprint density at radius 2 is 1.79 bits per heavy atom. The van der Waals surface area contributed by atoms with Crippen LogP contribution in [0.15, 0.2) is 72.6 Å². The maximum Gasteiger partial charge on any atom is 0.310 e. The number of hydrogen-bond donors (Lipinski definition) is 1. The molecule has 1 amide bonds. The molecule has 2 heterocycles. The van der Waals surface area contributed by atoms with Gasteiger partial charge in [-0.1, -0.05) is 39.0 Å². The van der Waals surface area contributed by atoms with Crippen molar-refractivity contribution in [2.24, 2.45) is 0 Å². The molecule has 1 N–H and O–H groups in total. The highest BCUT2D eigenvalue weighted by Gasteiger charge is 2.47. The molecule has 0 radical (unpaired) electrons. The molecule has 1 aliphatic rings. The molecule has 39 heavy (non-hydrogen) atoms. The van der Waals surface area contributed by atoms with Crippen LogP contribution in [-0.2, 0) is 31.0 Å². The largest absolute Gasteiger partial charge is 0.507 e. The maximum absolute atomic E-state index is 13.5. The summed E-state index contributed by atoms with van der Waals surface area (Å²) in [6, 6.07) is 14.5. The van der Waals surface area contributed by atoms with Gasteiger partial charge in [0.1, 0.15) is 11.5 Å². The number of Topliss-reactive ketones (excluding diaryl/α,β-unsaturated/α-hetero) is 1. The van der Waals surface area contributed by atoms with Crippen LogP contribution in [0.5, 0.6) is 5.75 Å². The lowest BCUT2D eigenvalue weighted by Gasteiger charge is -2.26. The molecule has 0 aliphatic carbocycles. The van der Waals surface area contributed by atoms with Gasteiger partial charge in [-0.15, -0.1) is 0 Å². The van der Waals surface area contributed by atoms with Gasteiger partial charge < -0.3 is 14.6 Å². The van der Waals surface area contributed by atoms with Crippen LogP contribution in [-0.4, -0.2) is 41.5 Å². The zero-order valence-corrected chi connectivity index (χ0v) is 22.7. The van der Waals surface area contributed by atoms with E-state index in [1.807, 2.05) is 20.8 Å². The minimum atomic E-state index is -0.908. The number of pyridine rings is 1. The molecular weight excluding hydrogens is 496 g/mol. The molecule has 8 nitrogen and oxygen atoms in total. The van der Waals surface area contributed by atoms with E-state index >= 15 is 0 Å². The number of aromatic nitrogens is 1. The van der Waals surface area contributed by atoms with Gasteiger partial charge in [0, 0.05) is 29.2 Å². The van der Waals surface area contributed by atoms with Gasteiger partial charge in [0.25, 0.3) is 11.7 Å². The van der Waals surface area contributed by atoms with Crippen molar-refractivity contribution in [3.63, 3.8) is 0 Å². The van der Waals surface area contributed by atoms with Crippen LogP contribution in [0.25, 0.3) is 5.76 Å². The lowest BCUT2D eigenvalue weighted by Crippen LogP contribution is -2.29. The predicted molar refractivity (Wildman–Crippen MR) is 147 cm³/mol. The summed E-state index contributed by atoms with van der Waals surface area (Å²) in [5, 5.41) is 11.5. The molecule has 1 fully saturated rings. The van der Waals surface area contributed by atoms with Gasteiger partial charge in [-0.25, -0.2) is 0 Å². The van der Waals surface area contributed by atoms with Crippen molar-refractivity contribution in [2.75, 3.05) is 18.6 Å². The molecule has 1 atom stereocenters. The first-order valence-corrected chi connectivity index (χ1v) is 12.7. The summed E-state index contributed by atoms with van der Waals surface area (Å²) in [7, 11) is 1.58. The molecule has 0 spiro atoms. The Kier molecular flexibility index (Phi) is 7.85. The smallest absolute Gasteiger partial charge is 0.310 e. The van der Waals surface area contributed by atoms with E-state index in [2.05, 4.69) is 4.98 Å². The topological polar surface area (TPSA) is 106 Å². The number of anilines is 1. The summed E-state index contributed by atoms with van der Waals surface area (Å²) in [5.41, 5.74) is 2.63. The number of methoxy groups -OCH3 is 1. The number of hydrogen-bond acceptors (Lipinski definition) is 7. The summed E-state index contributed by atoms with van der Waals surface area (Å²) in [4.78, 5) is 44.3. The normalized spacial score (nSPS) is 16.8. The third-order valence-electron chi connectivity index (χ3n) is 6.59. The van der Waals surface area contributed by atoms with Crippen LogP contribution in [0.3, 0.4) is 0 Å². The van der Waals surface area contributed by atoms with Gasteiger partial charge in [-0.05, 0) is 59.9 Å². The Bertz CT molecular complexity index is 1420. The lowest BCUT2D eigenvalue weighted by atomic mass is 9.84. The Hall–Kier alpha value is -4.46. The number of carbonyl (C=O) groups is 3. The quantitative estimate of drug-likeness (QED) is 0.196. The van der Waals surface area contributed by atoms with Crippen molar-refractivity contribution < 1.29 is 29.0 Å². The number of carbonyl (C=O) groups excluding carboxylic acids is 3. The number of rotatable bonds is 7. The molecule has 2 aromatic carbocycles. The second-order valence-corrected chi connectivity index (χ2v) is 10.3. The van der Waals surface area contributed by atoms with Crippen LogP contribution < -0.4 is 9.64 Å². The zero-order chi connectivity index (χ0) is 28.3. The first kappa shape index (κ1) is 27.6. The summed E-state index contributed by atoms with van der Waals surface area (Å²) < 4.78 is 10.5. The third kappa shape index (κ3) is 5.55. The maximum atomic E-state index is 13.5. The first-order valence-electron chi connectivity index (χ1n) is 12.7. The van der Waals surface area contributed by atoms with Gasteiger partial charge in [-0.3, -0.25) is 24.3 Å². The van der Waals surface area contributed by atoms with Crippen molar-refractivity contribution >= 4 is 29.1 Å². The van der Waals surface area contributed by atoms with E-state index < -0.39 is 17.7 Å². The molecular formula is C31H32N2O6. The van der Waals surface area contributed by atoms with Gasteiger partial charge in [0.15, 0.2) is 0 Å². The molecule has 0 saturated carbocycles. The Balaban J connectivity index is 1.83. The Labute approximate surface area is 227 Å². The highest BCUT2D eigenvalue weighted by molar-refractivity contribution is 6.51. The van der Waals surface area contributed by atoms with Gasteiger partial charge in [0.2, 0.25) is 0 Å². The molecule has 8 heteroatoms. The molecule has 1 unspecified atom stereocenters. The second kappa shape index (κ2) is 11.1. The number of nitrogens with zero attached hydrogens (tertiary/aromatic N) is 2. The van der Waals surface area contributed by atoms with Crippen LogP contribution in [0.4, 0.5) is 5.69 Å². The Morgan fingerprint density at radius 1 is 1.08 bits per heavy atom. The van der Waals surface area contributed by atoms with E-state index in [0.717, 1.165) is 5.56 Å². The number of aliphatic hydroxyl groups is 1. The minimum absolute atomic E-state index is 0.0337. The van der Waals surface area contributed by atoms with E-state index in [-0.39, 0.29) is 35.7 Å².